The summed E-state index contributed by atoms with van der Waals surface area (Å²) in [6.45, 7) is 0. The fraction of sp³-hybridized carbons (Fsp3) is 0.0392. The smallest absolute Gasteiger partial charge is 0.238 e. The molecule has 1 aliphatic rings. The van der Waals surface area contributed by atoms with Crippen molar-refractivity contribution in [2.45, 2.75) is 12.3 Å². The van der Waals surface area contributed by atoms with Gasteiger partial charge in [-0.2, -0.15) is 9.97 Å². The first-order valence-corrected chi connectivity index (χ1v) is 19.3. The van der Waals surface area contributed by atoms with Crippen LogP contribution in [0.15, 0.2) is 176 Å². The summed E-state index contributed by atoms with van der Waals surface area (Å²) < 4.78 is 34.1. The van der Waals surface area contributed by atoms with E-state index in [0.29, 0.717) is 23.3 Å². The molecular formula is C51H33F2N5. The van der Waals surface area contributed by atoms with Gasteiger partial charge >= 0.3 is 0 Å². The van der Waals surface area contributed by atoms with Crippen molar-refractivity contribution in [2.75, 3.05) is 0 Å². The zero-order chi connectivity index (χ0) is 38.7. The molecule has 58 heavy (non-hydrogen) atoms. The zero-order valence-corrected chi connectivity index (χ0v) is 31.1. The molecule has 0 amide bonds. The Morgan fingerprint density at radius 3 is 1.74 bits per heavy atom. The lowest BCUT2D eigenvalue weighted by atomic mass is 9.86. The first kappa shape index (κ1) is 33.8. The number of hydrogen-bond donors (Lipinski definition) is 0. The van der Waals surface area contributed by atoms with Gasteiger partial charge in [0.05, 0.1) is 16.6 Å². The van der Waals surface area contributed by atoms with E-state index in [2.05, 4.69) is 88.0 Å². The van der Waals surface area contributed by atoms with Gasteiger partial charge in [0.25, 0.3) is 0 Å². The molecule has 7 aromatic carbocycles. The molecule has 0 radical (unpaired) electrons. The van der Waals surface area contributed by atoms with Gasteiger partial charge in [0.1, 0.15) is 0 Å². The van der Waals surface area contributed by atoms with Crippen LogP contribution in [-0.4, -0.2) is 24.1 Å². The quantitative estimate of drug-likeness (QED) is 0.170. The van der Waals surface area contributed by atoms with Gasteiger partial charge in [-0.3, -0.25) is 4.57 Å². The second-order valence-corrected chi connectivity index (χ2v) is 14.7. The van der Waals surface area contributed by atoms with Crippen molar-refractivity contribution < 1.29 is 8.78 Å². The van der Waals surface area contributed by atoms with E-state index >= 15 is 4.39 Å². The Morgan fingerprint density at radius 1 is 0.483 bits per heavy atom. The second kappa shape index (κ2) is 13.6. The van der Waals surface area contributed by atoms with Gasteiger partial charge in [-0.25, -0.2) is 13.8 Å². The van der Waals surface area contributed by atoms with Gasteiger partial charge in [-0.05, 0) is 59.0 Å². The summed E-state index contributed by atoms with van der Waals surface area (Å²) >= 11 is 0. The van der Waals surface area contributed by atoms with Crippen molar-refractivity contribution in [1.82, 2.24) is 24.1 Å². The first-order valence-electron chi connectivity index (χ1n) is 19.3. The summed E-state index contributed by atoms with van der Waals surface area (Å²) in [4.78, 5) is 15.5. The first-order chi connectivity index (χ1) is 28.6. The standard InChI is InChI=1S/C51H33F2N5/c52-43-26-23-38(31-44(43)53)57-45-27-21-36(32-13-5-1-6-14-32)29-41(45)39-24-25-40-42-30-37(33-15-7-2-8-16-33)22-28-46(42)58(48(40)47(39)57)51-55-49(34-17-9-3-10-18-34)54-50(56-51)35-19-11-4-12-20-35/h1-28,30-31,36H,29H2. The van der Waals surface area contributed by atoms with E-state index in [9.17, 15) is 4.39 Å². The molecule has 3 heterocycles. The van der Waals surface area contributed by atoms with E-state index in [-0.39, 0.29) is 5.92 Å². The van der Waals surface area contributed by atoms with Crippen LogP contribution in [-0.2, 0) is 6.42 Å². The number of aromatic nitrogens is 5. The fourth-order valence-corrected chi connectivity index (χ4v) is 8.58. The highest BCUT2D eigenvalue weighted by Crippen LogP contribution is 2.45. The van der Waals surface area contributed by atoms with Crippen LogP contribution in [0, 0.1) is 11.6 Å². The molecule has 0 aliphatic heterocycles. The normalized spacial score (nSPS) is 13.7. The summed E-state index contributed by atoms with van der Waals surface area (Å²) in [6, 6.07) is 55.7. The molecule has 5 nitrogen and oxygen atoms in total. The molecule has 7 heteroatoms. The third-order valence-electron chi connectivity index (χ3n) is 11.3. The van der Waals surface area contributed by atoms with E-state index in [4.69, 9.17) is 15.0 Å². The summed E-state index contributed by atoms with van der Waals surface area (Å²) in [6.07, 6.45) is 5.08. The van der Waals surface area contributed by atoms with E-state index in [1.54, 1.807) is 6.07 Å². The molecule has 0 saturated carbocycles. The minimum absolute atomic E-state index is 0.137. The second-order valence-electron chi connectivity index (χ2n) is 14.7. The lowest BCUT2D eigenvalue weighted by molar-refractivity contribution is 0.508. The number of nitrogens with zero attached hydrogens (tertiary/aromatic N) is 5. The zero-order valence-electron chi connectivity index (χ0n) is 31.1. The number of benzene rings is 7. The number of rotatable bonds is 6. The van der Waals surface area contributed by atoms with E-state index in [1.165, 1.54) is 17.7 Å². The molecule has 0 spiro atoms. The van der Waals surface area contributed by atoms with Crippen molar-refractivity contribution in [3.8, 4) is 45.5 Å². The monoisotopic (exact) mass is 753 g/mol. The van der Waals surface area contributed by atoms with Crippen molar-refractivity contribution in [1.29, 1.82) is 0 Å². The fourth-order valence-electron chi connectivity index (χ4n) is 8.58. The lowest BCUT2D eigenvalue weighted by Gasteiger charge is -2.19. The van der Waals surface area contributed by atoms with Gasteiger partial charge in [0.15, 0.2) is 23.3 Å². The maximum Gasteiger partial charge on any atom is 0.238 e. The van der Waals surface area contributed by atoms with Crippen LogP contribution in [0.2, 0.25) is 0 Å². The Balaban J connectivity index is 1.28. The van der Waals surface area contributed by atoms with Crippen LogP contribution in [0.5, 0.6) is 0 Å². The predicted molar refractivity (Wildman–Crippen MR) is 229 cm³/mol. The van der Waals surface area contributed by atoms with Crippen LogP contribution in [0.1, 0.15) is 22.7 Å². The highest BCUT2D eigenvalue weighted by Gasteiger charge is 2.28. The van der Waals surface area contributed by atoms with Crippen molar-refractivity contribution in [3.63, 3.8) is 0 Å². The molecule has 3 aromatic heterocycles. The largest absolute Gasteiger partial charge is 0.307 e. The van der Waals surface area contributed by atoms with Crippen LogP contribution in [0.3, 0.4) is 0 Å². The molecule has 276 valence electrons. The van der Waals surface area contributed by atoms with Crippen LogP contribution >= 0.6 is 0 Å². The summed E-state index contributed by atoms with van der Waals surface area (Å²) in [5.41, 5.74) is 10.3. The summed E-state index contributed by atoms with van der Waals surface area (Å²) in [5, 5.41) is 3.01. The van der Waals surface area contributed by atoms with Crippen LogP contribution < -0.4 is 0 Å². The number of hydrogen-bond acceptors (Lipinski definition) is 3. The minimum atomic E-state index is -0.909. The predicted octanol–water partition coefficient (Wildman–Crippen LogP) is 12.5. The molecule has 0 fully saturated rings. The van der Waals surface area contributed by atoms with Gasteiger partial charge in [0.2, 0.25) is 5.95 Å². The van der Waals surface area contributed by atoms with Crippen molar-refractivity contribution in [2.24, 2.45) is 0 Å². The Morgan fingerprint density at radius 2 is 1.09 bits per heavy atom. The van der Waals surface area contributed by atoms with E-state index in [0.717, 1.165) is 72.6 Å². The highest BCUT2D eigenvalue weighted by molar-refractivity contribution is 6.19. The highest BCUT2D eigenvalue weighted by atomic mass is 19.2. The molecule has 0 bridgehead atoms. The Hall–Kier alpha value is -7.51. The molecule has 1 atom stereocenters. The minimum Gasteiger partial charge on any atom is -0.307 e. The summed E-state index contributed by atoms with van der Waals surface area (Å²) in [5.74, 6) is -0.145. The van der Waals surface area contributed by atoms with Gasteiger partial charge in [-0.15, -0.1) is 0 Å². The molecular weight excluding hydrogens is 721 g/mol. The van der Waals surface area contributed by atoms with Gasteiger partial charge in [0, 0.05) is 50.7 Å². The molecule has 1 aliphatic carbocycles. The maximum atomic E-state index is 15.3. The average molecular weight is 754 g/mol. The van der Waals surface area contributed by atoms with Crippen molar-refractivity contribution >= 4 is 38.8 Å². The Bertz CT molecular complexity index is 3150. The number of halogens is 2. The molecule has 10 aromatic rings. The van der Waals surface area contributed by atoms with E-state index < -0.39 is 11.6 Å². The number of allylic oxidation sites excluding steroid dienone is 1. The Labute approximate surface area is 332 Å². The van der Waals surface area contributed by atoms with Crippen LogP contribution in [0.4, 0.5) is 8.78 Å². The van der Waals surface area contributed by atoms with Gasteiger partial charge < -0.3 is 4.57 Å². The maximum absolute atomic E-state index is 15.3. The SMILES string of the molecule is Fc1ccc(-n2c3c(c4ccc5c6cc(-c7ccccc7)ccc6n(-c6nc(-c7ccccc7)nc(-c7ccccc7)n6)c5c42)CC(c2ccccc2)C=C3)cc1F. The third kappa shape index (κ3) is 5.54. The number of fused-ring (bicyclic) bond motifs is 7. The average Bonchev–Trinajstić information content (AvgIpc) is 3.80. The van der Waals surface area contributed by atoms with Crippen molar-refractivity contribution in [3.05, 3.63) is 204 Å². The topological polar surface area (TPSA) is 48.5 Å². The van der Waals surface area contributed by atoms with Gasteiger partial charge in [-0.1, -0.05) is 146 Å². The van der Waals surface area contributed by atoms with E-state index in [1.807, 2.05) is 84.9 Å². The lowest BCUT2D eigenvalue weighted by Crippen LogP contribution is -2.08. The van der Waals surface area contributed by atoms with Crippen LogP contribution in [0.25, 0.3) is 84.3 Å². The molecule has 1 unspecified atom stereocenters. The summed E-state index contributed by atoms with van der Waals surface area (Å²) in [7, 11) is 0. The molecule has 0 saturated heterocycles. The third-order valence-corrected chi connectivity index (χ3v) is 11.3. The Kier molecular flexibility index (Phi) is 7.93. The molecule has 0 N–H and O–H groups in total. The molecule has 11 rings (SSSR count).